The van der Waals surface area contributed by atoms with Crippen LogP contribution in [0.25, 0.3) is 11.1 Å². The summed E-state index contributed by atoms with van der Waals surface area (Å²) in [6.07, 6.45) is 0.0662. The van der Waals surface area contributed by atoms with Crippen molar-refractivity contribution in [1.29, 1.82) is 0 Å². The predicted molar refractivity (Wildman–Crippen MR) is 57.6 cm³/mol. The van der Waals surface area contributed by atoms with Crippen molar-refractivity contribution in [2.24, 2.45) is 0 Å². The lowest BCUT2D eigenvalue weighted by atomic mass is 10.3. The molecule has 0 spiro atoms. The van der Waals surface area contributed by atoms with Crippen molar-refractivity contribution in [2.75, 3.05) is 0 Å². The molecule has 1 heterocycles. The number of aryl methyl sites for hydroxylation is 1. The molecule has 0 radical (unpaired) electrons. The van der Waals surface area contributed by atoms with Gasteiger partial charge in [0.05, 0.1) is 6.42 Å². The summed E-state index contributed by atoms with van der Waals surface area (Å²) in [7, 11) is 0. The molecule has 1 aromatic heterocycles. The van der Waals surface area contributed by atoms with Crippen LogP contribution in [0.15, 0.2) is 21.0 Å². The Bertz CT molecular complexity index is 552. The maximum atomic E-state index is 13.4. The van der Waals surface area contributed by atoms with Crippen molar-refractivity contribution < 1.29 is 18.7 Å². The van der Waals surface area contributed by atoms with Crippen LogP contribution >= 0.6 is 15.9 Å². The molecule has 1 N–H and O–H groups in total. The van der Waals surface area contributed by atoms with Crippen LogP contribution in [0.4, 0.5) is 4.39 Å². The largest absolute Gasteiger partial charge is 0.481 e. The first-order valence-electron chi connectivity index (χ1n) is 4.52. The van der Waals surface area contributed by atoms with Gasteiger partial charge in [-0.05, 0) is 12.1 Å². The van der Waals surface area contributed by atoms with E-state index in [1.165, 1.54) is 6.07 Å². The van der Waals surface area contributed by atoms with Crippen molar-refractivity contribution >= 4 is 33.0 Å². The van der Waals surface area contributed by atoms with Crippen molar-refractivity contribution in [3.8, 4) is 0 Å². The standard InChI is InChI=1S/C10H7BrFNO3/c11-5-3-6(12)10-7(4-5)13-8(16-10)1-2-9(14)15/h3-4H,1-2H2,(H,14,15). The minimum absolute atomic E-state index is 0.0589. The number of rotatable bonds is 3. The second kappa shape index (κ2) is 4.21. The van der Waals surface area contributed by atoms with E-state index in [0.717, 1.165) is 0 Å². The topological polar surface area (TPSA) is 63.3 Å². The Morgan fingerprint density at radius 1 is 1.56 bits per heavy atom. The molecule has 0 saturated heterocycles. The van der Waals surface area contributed by atoms with Crippen LogP contribution in [0, 0.1) is 5.82 Å². The molecule has 0 fully saturated rings. The average Bonchev–Trinajstić information content (AvgIpc) is 2.57. The highest BCUT2D eigenvalue weighted by atomic mass is 79.9. The summed E-state index contributed by atoms with van der Waals surface area (Å²) in [4.78, 5) is 14.4. The Morgan fingerprint density at radius 3 is 3.00 bits per heavy atom. The third-order valence-corrected chi connectivity index (χ3v) is 2.46. The minimum atomic E-state index is -0.941. The fourth-order valence-corrected chi connectivity index (χ4v) is 1.74. The maximum Gasteiger partial charge on any atom is 0.303 e. The number of carbonyl (C=O) groups is 1. The van der Waals surface area contributed by atoms with Gasteiger partial charge >= 0.3 is 5.97 Å². The summed E-state index contributed by atoms with van der Waals surface area (Å²) >= 11 is 3.14. The van der Waals surface area contributed by atoms with Gasteiger partial charge in [-0.25, -0.2) is 9.37 Å². The number of hydrogen-bond acceptors (Lipinski definition) is 3. The normalized spacial score (nSPS) is 10.9. The number of aromatic nitrogens is 1. The summed E-state index contributed by atoms with van der Waals surface area (Å²) in [6.45, 7) is 0. The highest BCUT2D eigenvalue weighted by Gasteiger charge is 2.12. The number of carboxylic acids is 1. The van der Waals surface area contributed by atoms with E-state index in [1.54, 1.807) is 6.07 Å². The van der Waals surface area contributed by atoms with E-state index >= 15 is 0 Å². The number of carboxylic acid groups (broad SMARTS) is 1. The number of fused-ring (bicyclic) bond motifs is 1. The highest BCUT2D eigenvalue weighted by Crippen LogP contribution is 2.24. The lowest BCUT2D eigenvalue weighted by molar-refractivity contribution is -0.137. The summed E-state index contributed by atoms with van der Waals surface area (Å²) < 4.78 is 19.1. The molecule has 0 bridgehead atoms. The SMILES string of the molecule is O=C(O)CCc1nc2cc(Br)cc(F)c2o1. The number of benzene rings is 1. The van der Waals surface area contributed by atoms with Gasteiger partial charge in [0.2, 0.25) is 0 Å². The molecule has 0 aliphatic heterocycles. The van der Waals surface area contributed by atoms with Crippen molar-refractivity contribution in [1.82, 2.24) is 4.98 Å². The third-order valence-electron chi connectivity index (χ3n) is 2.01. The second-order valence-electron chi connectivity index (χ2n) is 3.24. The zero-order chi connectivity index (χ0) is 11.7. The molecule has 16 heavy (non-hydrogen) atoms. The van der Waals surface area contributed by atoms with E-state index < -0.39 is 11.8 Å². The second-order valence-corrected chi connectivity index (χ2v) is 4.15. The number of halogens is 2. The van der Waals surface area contributed by atoms with Crippen molar-refractivity contribution in [3.63, 3.8) is 0 Å². The molecular formula is C10H7BrFNO3. The van der Waals surface area contributed by atoms with Crippen LogP contribution in [0.3, 0.4) is 0 Å². The first-order valence-corrected chi connectivity index (χ1v) is 5.32. The molecule has 6 heteroatoms. The molecule has 2 aromatic rings. The number of aliphatic carboxylic acids is 1. The monoisotopic (exact) mass is 287 g/mol. The zero-order valence-corrected chi connectivity index (χ0v) is 9.62. The van der Waals surface area contributed by atoms with Crippen LogP contribution in [-0.2, 0) is 11.2 Å². The minimum Gasteiger partial charge on any atom is -0.481 e. The fourth-order valence-electron chi connectivity index (χ4n) is 1.33. The highest BCUT2D eigenvalue weighted by molar-refractivity contribution is 9.10. The summed E-state index contributed by atoms with van der Waals surface area (Å²) in [5, 5.41) is 8.50. The van der Waals surface area contributed by atoms with E-state index in [9.17, 15) is 9.18 Å². The van der Waals surface area contributed by atoms with Gasteiger partial charge in [0.1, 0.15) is 5.52 Å². The number of nitrogens with zero attached hydrogens (tertiary/aromatic N) is 1. The number of hydrogen-bond donors (Lipinski definition) is 1. The first kappa shape index (κ1) is 11.1. The van der Waals surface area contributed by atoms with Gasteiger partial charge in [-0.15, -0.1) is 0 Å². The Labute approximate surface area is 98.2 Å². The summed E-state index contributed by atoms with van der Waals surface area (Å²) in [6, 6.07) is 2.89. The quantitative estimate of drug-likeness (QED) is 0.943. The van der Waals surface area contributed by atoms with E-state index in [2.05, 4.69) is 20.9 Å². The molecule has 0 atom stereocenters. The van der Waals surface area contributed by atoms with E-state index in [-0.39, 0.29) is 24.3 Å². The summed E-state index contributed by atoms with van der Waals surface area (Å²) in [5.41, 5.74) is 0.441. The first-order chi connectivity index (χ1) is 7.56. The van der Waals surface area contributed by atoms with Crippen molar-refractivity contribution in [3.05, 3.63) is 28.3 Å². The van der Waals surface area contributed by atoms with Crippen LogP contribution in [0.5, 0.6) is 0 Å². The molecular weight excluding hydrogens is 281 g/mol. The Balaban J connectivity index is 2.36. The van der Waals surface area contributed by atoms with Crippen LogP contribution in [0.2, 0.25) is 0 Å². The molecule has 0 aliphatic rings. The lowest BCUT2D eigenvalue weighted by Gasteiger charge is -1.90. The lowest BCUT2D eigenvalue weighted by Crippen LogP contribution is -1.97. The third kappa shape index (κ3) is 2.21. The molecule has 0 unspecified atom stereocenters. The Hall–Kier alpha value is -1.43. The number of oxazole rings is 1. The Kier molecular flexibility index (Phi) is 2.91. The van der Waals surface area contributed by atoms with E-state index in [4.69, 9.17) is 9.52 Å². The predicted octanol–water partition coefficient (Wildman–Crippen LogP) is 2.75. The fraction of sp³-hybridized carbons (Fsp3) is 0.200. The van der Waals surface area contributed by atoms with Gasteiger partial charge in [-0.3, -0.25) is 4.79 Å². The van der Waals surface area contributed by atoms with Gasteiger partial charge in [-0.1, -0.05) is 15.9 Å². The van der Waals surface area contributed by atoms with Gasteiger partial charge in [-0.2, -0.15) is 0 Å². The van der Waals surface area contributed by atoms with E-state index in [1.807, 2.05) is 0 Å². The van der Waals surface area contributed by atoms with Gasteiger partial charge in [0, 0.05) is 10.9 Å². The molecule has 1 aromatic carbocycles. The molecule has 0 aliphatic carbocycles. The smallest absolute Gasteiger partial charge is 0.303 e. The Morgan fingerprint density at radius 2 is 2.31 bits per heavy atom. The molecule has 84 valence electrons. The zero-order valence-electron chi connectivity index (χ0n) is 8.04. The van der Waals surface area contributed by atoms with Crippen molar-refractivity contribution in [2.45, 2.75) is 12.8 Å². The van der Waals surface area contributed by atoms with Crippen LogP contribution in [-0.4, -0.2) is 16.1 Å². The maximum absolute atomic E-state index is 13.4. The van der Waals surface area contributed by atoms with E-state index in [0.29, 0.717) is 9.99 Å². The molecule has 0 saturated carbocycles. The van der Waals surface area contributed by atoms with Crippen LogP contribution < -0.4 is 0 Å². The van der Waals surface area contributed by atoms with Crippen LogP contribution in [0.1, 0.15) is 12.3 Å². The molecule has 2 rings (SSSR count). The summed E-state index contributed by atoms with van der Waals surface area (Å²) in [5.74, 6) is -1.23. The average molecular weight is 288 g/mol. The molecule has 0 amide bonds. The molecule has 4 nitrogen and oxygen atoms in total. The van der Waals surface area contributed by atoms with Gasteiger partial charge in [0.15, 0.2) is 17.3 Å². The van der Waals surface area contributed by atoms with Gasteiger partial charge < -0.3 is 9.52 Å². The van der Waals surface area contributed by atoms with Gasteiger partial charge in [0.25, 0.3) is 0 Å².